The lowest BCUT2D eigenvalue weighted by Crippen LogP contribution is -2.43. The van der Waals surface area contributed by atoms with Gasteiger partial charge >= 0.3 is 0 Å². The highest BCUT2D eigenvalue weighted by Crippen LogP contribution is 2.20. The molecular weight excluding hydrogens is 314 g/mol. The topological polar surface area (TPSA) is 75.4 Å². The van der Waals surface area contributed by atoms with Gasteiger partial charge in [0.1, 0.15) is 0 Å². The summed E-state index contributed by atoms with van der Waals surface area (Å²) in [5.41, 5.74) is 7.14. The summed E-state index contributed by atoms with van der Waals surface area (Å²) in [4.78, 5) is 25.8. The second-order valence-corrected chi connectivity index (χ2v) is 5.91. The number of rotatable bonds is 5. The highest BCUT2D eigenvalue weighted by molar-refractivity contribution is 5.85. The van der Waals surface area contributed by atoms with Gasteiger partial charge in [0.15, 0.2) is 0 Å². The second kappa shape index (κ2) is 8.89. The summed E-state index contributed by atoms with van der Waals surface area (Å²) in [6.07, 6.45) is 1.32. The van der Waals surface area contributed by atoms with Gasteiger partial charge in [-0.1, -0.05) is 44.2 Å². The molecule has 0 bridgehead atoms. The third-order valence-electron chi connectivity index (χ3n) is 4.33. The van der Waals surface area contributed by atoms with Crippen molar-refractivity contribution in [3.05, 3.63) is 35.9 Å². The van der Waals surface area contributed by atoms with Crippen LogP contribution in [-0.2, 0) is 9.59 Å². The molecule has 128 valence electrons. The fourth-order valence-electron chi connectivity index (χ4n) is 2.79. The lowest BCUT2D eigenvalue weighted by Gasteiger charge is -2.22. The van der Waals surface area contributed by atoms with Crippen molar-refractivity contribution >= 4 is 24.2 Å². The molecule has 3 atom stereocenters. The van der Waals surface area contributed by atoms with E-state index in [0.717, 1.165) is 18.5 Å². The van der Waals surface area contributed by atoms with E-state index in [1.807, 2.05) is 49.1 Å². The van der Waals surface area contributed by atoms with Crippen molar-refractivity contribution in [2.75, 3.05) is 13.1 Å². The zero-order valence-electron chi connectivity index (χ0n) is 13.7. The molecule has 1 aliphatic heterocycles. The van der Waals surface area contributed by atoms with Crippen molar-refractivity contribution in [2.45, 2.75) is 38.8 Å². The van der Waals surface area contributed by atoms with E-state index in [0.29, 0.717) is 13.0 Å². The summed E-state index contributed by atoms with van der Waals surface area (Å²) >= 11 is 0. The van der Waals surface area contributed by atoms with Crippen molar-refractivity contribution in [1.82, 2.24) is 10.2 Å². The van der Waals surface area contributed by atoms with Gasteiger partial charge in [0.2, 0.25) is 11.8 Å². The third-order valence-corrected chi connectivity index (χ3v) is 4.33. The highest BCUT2D eigenvalue weighted by atomic mass is 35.5. The van der Waals surface area contributed by atoms with Crippen LogP contribution in [0.3, 0.4) is 0 Å². The van der Waals surface area contributed by atoms with Gasteiger partial charge in [-0.15, -0.1) is 12.4 Å². The van der Waals surface area contributed by atoms with E-state index in [1.54, 1.807) is 0 Å². The predicted octanol–water partition coefficient (Wildman–Crippen LogP) is 1.87. The Morgan fingerprint density at radius 1 is 1.35 bits per heavy atom. The Kier molecular flexibility index (Phi) is 7.52. The number of nitrogens with zero attached hydrogens (tertiary/aromatic N) is 1. The minimum atomic E-state index is -0.323. The van der Waals surface area contributed by atoms with Crippen molar-refractivity contribution in [2.24, 2.45) is 11.7 Å². The SMILES string of the molecule is CCC(=O)N1CCC(NC(=O)C(C)C(N)c2ccccc2)C1.Cl. The molecule has 1 aromatic rings. The molecule has 1 saturated heterocycles. The van der Waals surface area contributed by atoms with Gasteiger partial charge in [0.25, 0.3) is 0 Å². The van der Waals surface area contributed by atoms with Crippen LogP contribution in [0.5, 0.6) is 0 Å². The summed E-state index contributed by atoms with van der Waals surface area (Å²) in [5, 5.41) is 3.03. The number of benzene rings is 1. The summed E-state index contributed by atoms with van der Waals surface area (Å²) in [6, 6.07) is 9.36. The quantitative estimate of drug-likeness (QED) is 0.860. The predicted molar refractivity (Wildman–Crippen MR) is 93.2 cm³/mol. The van der Waals surface area contributed by atoms with Gasteiger partial charge in [-0.3, -0.25) is 9.59 Å². The number of nitrogens with one attached hydrogen (secondary N) is 1. The Hall–Kier alpha value is -1.59. The summed E-state index contributed by atoms with van der Waals surface area (Å²) < 4.78 is 0. The van der Waals surface area contributed by atoms with Crippen LogP contribution in [0.4, 0.5) is 0 Å². The number of carbonyl (C=O) groups is 2. The number of amides is 2. The zero-order valence-corrected chi connectivity index (χ0v) is 14.5. The van der Waals surface area contributed by atoms with Crippen molar-refractivity contribution in [3.8, 4) is 0 Å². The van der Waals surface area contributed by atoms with Crippen LogP contribution in [0, 0.1) is 5.92 Å². The summed E-state index contributed by atoms with van der Waals surface area (Å²) in [7, 11) is 0. The maximum atomic E-state index is 12.4. The first-order valence-electron chi connectivity index (χ1n) is 7.91. The van der Waals surface area contributed by atoms with Gasteiger partial charge in [-0.05, 0) is 12.0 Å². The number of hydrogen-bond donors (Lipinski definition) is 2. The fourth-order valence-corrected chi connectivity index (χ4v) is 2.79. The molecule has 1 aromatic carbocycles. The lowest BCUT2D eigenvalue weighted by molar-refractivity contribution is -0.130. The molecule has 1 aliphatic rings. The van der Waals surface area contributed by atoms with Gasteiger partial charge in [0, 0.05) is 31.6 Å². The molecule has 1 fully saturated rings. The minimum Gasteiger partial charge on any atom is -0.351 e. The summed E-state index contributed by atoms with van der Waals surface area (Å²) in [6.45, 7) is 5.02. The van der Waals surface area contributed by atoms with E-state index in [2.05, 4.69) is 5.32 Å². The maximum absolute atomic E-state index is 12.4. The standard InChI is InChI=1S/C17H25N3O2.ClH/c1-3-15(21)20-10-9-14(11-20)19-17(22)12(2)16(18)13-7-5-4-6-8-13;/h4-8,12,14,16H,3,9-11,18H2,1-2H3,(H,19,22);1H. The molecule has 2 rings (SSSR count). The van der Waals surface area contributed by atoms with E-state index >= 15 is 0 Å². The number of nitrogens with two attached hydrogens (primary N) is 1. The average molecular weight is 340 g/mol. The van der Waals surface area contributed by atoms with Crippen LogP contribution in [-0.4, -0.2) is 35.8 Å². The van der Waals surface area contributed by atoms with Crippen molar-refractivity contribution in [1.29, 1.82) is 0 Å². The summed E-state index contributed by atoms with van der Waals surface area (Å²) in [5.74, 6) is -0.212. The van der Waals surface area contributed by atoms with Crippen LogP contribution in [0.15, 0.2) is 30.3 Å². The molecule has 23 heavy (non-hydrogen) atoms. The molecule has 0 saturated carbocycles. The van der Waals surface area contributed by atoms with E-state index in [1.165, 1.54) is 0 Å². The van der Waals surface area contributed by atoms with Crippen molar-refractivity contribution < 1.29 is 9.59 Å². The average Bonchev–Trinajstić information content (AvgIpc) is 3.01. The molecule has 0 aliphatic carbocycles. The Balaban J connectivity index is 0.00000264. The zero-order chi connectivity index (χ0) is 16.1. The van der Waals surface area contributed by atoms with Crippen LogP contribution < -0.4 is 11.1 Å². The number of likely N-dealkylation sites (tertiary alicyclic amines) is 1. The molecule has 6 heteroatoms. The van der Waals surface area contributed by atoms with Gasteiger partial charge < -0.3 is 16.0 Å². The molecule has 5 nitrogen and oxygen atoms in total. The van der Waals surface area contributed by atoms with Crippen molar-refractivity contribution in [3.63, 3.8) is 0 Å². The highest BCUT2D eigenvalue weighted by Gasteiger charge is 2.29. The monoisotopic (exact) mass is 339 g/mol. The molecule has 0 spiro atoms. The number of halogens is 1. The van der Waals surface area contributed by atoms with Crippen LogP contribution in [0.2, 0.25) is 0 Å². The van der Waals surface area contributed by atoms with E-state index in [4.69, 9.17) is 5.73 Å². The smallest absolute Gasteiger partial charge is 0.225 e. The normalized spacial score (nSPS) is 19.6. The molecule has 3 unspecified atom stereocenters. The van der Waals surface area contributed by atoms with E-state index < -0.39 is 0 Å². The minimum absolute atomic E-state index is 0. The lowest BCUT2D eigenvalue weighted by atomic mass is 9.94. The van der Waals surface area contributed by atoms with Gasteiger partial charge in [-0.25, -0.2) is 0 Å². The Labute approximate surface area is 144 Å². The molecule has 0 aromatic heterocycles. The first kappa shape index (κ1) is 19.5. The largest absolute Gasteiger partial charge is 0.351 e. The first-order chi connectivity index (χ1) is 10.5. The Bertz CT molecular complexity index is 524. The second-order valence-electron chi connectivity index (χ2n) is 5.91. The third kappa shape index (κ3) is 4.94. The number of carbonyl (C=O) groups excluding carboxylic acids is 2. The van der Waals surface area contributed by atoms with Crippen LogP contribution in [0.1, 0.15) is 38.3 Å². The molecule has 3 N–H and O–H groups in total. The first-order valence-corrected chi connectivity index (χ1v) is 7.91. The van der Waals surface area contributed by atoms with E-state index in [-0.39, 0.29) is 42.2 Å². The van der Waals surface area contributed by atoms with Gasteiger partial charge in [-0.2, -0.15) is 0 Å². The molecule has 2 amide bonds. The number of hydrogen-bond acceptors (Lipinski definition) is 3. The molecule has 1 heterocycles. The fraction of sp³-hybridized carbons (Fsp3) is 0.529. The van der Waals surface area contributed by atoms with Crippen LogP contribution in [0.25, 0.3) is 0 Å². The molecular formula is C17H26ClN3O2. The van der Waals surface area contributed by atoms with Gasteiger partial charge in [0.05, 0.1) is 5.92 Å². The Morgan fingerprint density at radius 2 is 2.00 bits per heavy atom. The van der Waals surface area contributed by atoms with E-state index in [9.17, 15) is 9.59 Å². The van der Waals surface area contributed by atoms with Crippen LogP contribution >= 0.6 is 12.4 Å². The Morgan fingerprint density at radius 3 is 2.61 bits per heavy atom. The maximum Gasteiger partial charge on any atom is 0.225 e. The molecule has 0 radical (unpaired) electrons.